The number of aliphatic hydroxyl groups excluding tert-OH is 1. The Bertz CT molecular complexity index is 514. The van der Waals surface area contributed by atoms with E-state index in [0.29, 0.717) is 22.7 Å². The normalized spacial score (nSPS) is 10.3. The molecule has 0 radical (unpaired) electrons. The van der Waals surface area contributed by atoms with Crippen LogP contribution in [-0.2, 0) is 6.61 Å². The Morgan fingerprint density at radius 1 is 1.24 bits per heavy atom. The van der Waals surface area contributed by atoms with E-state index in [1.165, 1.54) is 31.6 Å². The van der Waals surface area contributed by atoms with Crippen molar-refractivity contribution in [3.05, 3.63) is 42.0 Å². The Hall–Kier alpha value is -2.01. The molecule has 0 saturated heterocycles. The fourth-order valence-corrected chi connectivity index (χ4v) is 1.40. The topological polar surface area (TPSA) is 55.2 Å². The first-order valence-corrected chi connectivity index (χ1v) is 4.99. The van der Waals surface area contributed by atoms with Crippen molar-refractivity contribution in [1.29, 1.82) is 0 Å². The van der Waals surface area contributed by atoms with Crippen molar-refractivity contribution in [2.75, 3.05) is 7.11 Å². The van der Waals surface area contributed by atoms with E-state index in [4.69, 9.17) is 9.84 Å². The van der Waals surface area contributed by atoms with Crippen molar-refractivity contribution in [3.63, 3.8) is 0 Å². The van der Waals surface area contributed by atoms with Crippen LogP contribution in [0.5, 0.6) is 5.75 Å². The van der Waals surface area contributed by atoms with E-state index >= 15 is 0 Å². The molecule has 0 atom stereocenters. The molecule has 2 aromatic rings. The predicted molar refractivity (Wildman–Crippen MR) is 59.9 cm³/mol. The number of aromatic nitrogens is 2. The first-order valence-electron chi connectivity index (χ1n) is 4.99. The summed E-state index contributed by atoms with van der Waals surface area (Å²) < 4.78 is 18.2. The minimum atomic E-state index is -0.408. The van der Waals surface area contributed by atoms with Gasteiger partial charge in [0.15, 0.2) is 5.82 Å². The summed E-state index contributed by atoms with van der Waals surface area (Å²) >= 11 is 0. The Kier molecular flexibility index (Phi) is 3.30. The lowest BCUT2D eigenvalue weighted by Gasteiger charge is -2.04. The number of benzene rings is 1. The third-order valence-electron chi connectivity index (χ3n) is 2.25. The highest BCUT2D eigenvalue weighted by atomic mass is 19.1. The number of halogens is 1. The minimum absolute atomic E-state index is 0.118. The average Bonchev–Trinajstić information content (AvgIpc) is 2.38. The molecule has 1 heterocycles. The van der Waals surface area contributed by atoms with E-state index in [1.807, 2.05) is 0 Å². The van der Waals surface area contributed by atoms with E-state index in [-0.39, 0.29) is 6.61 Å². The molecule has 0 unspecified atom stereocenters. The van der Waals surface area contributed by atoms with Crippen LogP contribution in [0.2, 0.25) is 0 Å². The van der Waals surface area contributed by atoms with Gasteiger partial charge in [0, 0.05) is 29.6 Å². The summed E-state index contributed by atoms with van der Waals surface area (Å²) in [6.45, 7) is -0.118. The van der Waals surface area contributed by atoms with Gasteiger partial charge in [-0.15, -0.1) is 0 Å². The zero-order valence-corrected chi connectivity index (χ0v) is 9.22. The first-order chi connectivity index (χ1) is 8.22. The number of hydrogen-bond donors (Lipinski definition) is 1. The summed E-state index contributed by atoms with van der Waals surface area (Å²) in [5.41, 5.74) is 1.14. The molecule has 0 fully saturated rings. The monoisotopic (exact) mass is 234 g/mol. The molecule has 1 aromatic carbocycles. The largest absolute Gasteiger partial charge is 0.497 e. The summed E-state index contributed by atoms with van der Waals surface area (Å²) in [5.74, 6) is 0.393. The van der Waals surface area contributed by atoms with Crippen LogP contribution >= 0.6 is 0 Å². The number of rotatable bonds is 3. The molecule has 1 N–H and O–H groups in total. The predicted octanol–water partition coefficient (Wildman–Crippen LogP) is 1.78. The van der Waals surface area contributed by atoms with Gasteiger partial charge in [0.05, 0.1) is 13.7 Å². The highest BCUT2D eigenvalue weighted by molar-refractivity contribution is 5.57. The number of ether oxygens (including phenoxy) is 1. The van der Waals surface area contributed by atoms with E-state index in [9.17, 15) is 4.39 Å². The third kappa shape index (κ3) is 2.57. The molecular formula is C12H11FN2O2. The van der Waals surface area contributed by atoms with Gasteiger partial charge in [0.2, 0.25) is 0 Å². The Morgan fingerprint density at radius 3 is 2.53 bits per heavy atom. The van der Waals surface area contributed by atoms with Gasteiger partial charge < -0.3 is 9.84 Å². The molecule has 1 aromatic heterocycles. The summed E-state index contributed by atoms with van der Waals surface area (Å²) in [6, 6.07) is 4.26. The van der Waals surface area contributed by atoms with Crippen molar-refractivity contribution in [1.82, 2.24) is 9.97 Å². The van der Waals surface area contributed by atoms with E-state index in [2.05, 4.69) is 9.97 Å². The Morgan fingerprint density at radius 2 is 1.94 bits per heavy atom. The third-order valence-corrected chi connectivity index (χ3v) is 2.25. The molecule has 0 aliphatic rings. The zero-order valence-electron chi connectivity index (χ0n) is 9.22. The summed E-state index contributed by atoms with van der Waals surface area (Å²) in [5, 5.41) is 8.87. The van der Waals surface area contributed by atoms with Gasteiger partial charge in [0.1, 0.15) is 11.6 Å². The molecule has 0 aliphatic carbocycles. The van der Waals surface area contributed by atoms with Crippen molar-refractivity contribution in [2.45, 2.75) is 6.61 Å². The summed E-state index contributed by atoms with van der Waals surface area (Å²) in [4.78, 5) is 8.09. The Labute approximate surface area is 97.7 Å². The lowest BCUT2D eigenvalue weighted by molar-refractivity contribution is 0.281. The second-order valence-electron chi connectivity index (χ2n) is 3.45. The molecule has 0 spiro atoms. The SMILES string of the molecule is COc1cc(F)cc(-c2ncc(CO)cn2)c1. The molecule has 0 bridgehead atoms. The molecule has 0 saturated carbocycles. The molecular weight excluding hydrogens is 223 g/mol. The molecule has 0 amide bonds. The number of nitrogens with zero attached hydrogens (tertiary/aromatic N) is 2. The van der Waals surface area contributed by atoms with Gasteiger partial charge in [0.25, 0.3) is 0 Å². The molecule has 2 rings (SSSR count). The van der Waals surface area contributed by atoms with Crippen molar-refractivity contribution >= 4 is 0 Å². The lowest BCUT2D eigenvalue weighted by Crippen LogP contribution is -1.94. The lowest BCUT2D eigenvalue weighted by atomic mass is 10.2. The van der Waals surface area contributed by atoms with Crippen molar-refractivity contribution in [3.8, 4) is 17.1 Å². The first kappa shape index (κ1) is 11.5. The van der Waals surface area contributed by atoms with Crippen LogP contribution in [0, 0.1) is 5.82 Å². The van der Waals surface area contributed by atoms with Crippen LogP contribution in [0.15, 0.2) is 30.6 Å². The summed E-state index contributed by atoms with van der Waals surface area (Å²) in [7, 11) is 1.47. The maximum absolute atomic E-state index is 13.3. The molecule has 17 heavy (non-hydrogen) atoms. The zero-order chi connectivity index (χ0) is 12.3. The van der Waals surface area contributed by atoms with Crippen molar-refractivity contribution < 1.29 is 14.2 Å². The van der Waals surface area contributed by atoms with Crippen LogP contribution in [0.4, 0.5) is 4.39 Å². The van der Waals surface area contributed by atoms with Gasteiger partial charge in [-0.2, -0.15) is 0 Å². The van der Waals surface area contributed by atoms with Crippen LogP contribution in [0.25, 0.3) is 11.4 Å². The smallest absolute Gasteiger partial charge is 0.159 e. The van der Waals surface area contributed by atoms with Crippen LogP contribution in [-0.4, -0.2) is 22.2 Å². The molecule has 0 aliphatic heterocycles. The highest BCUT2D eigenvalue weighted by Gasteiger charge is 2.06. The van der Waals surface area contributed by atoms with Gasteiger partial charge >= 0.3 is 0 Å². The second-order valence-corrected chi connectivity index (χ2v) is 3.45. The van der Waals surface area contributed by atoms with E-state index in [0.717, 1.165) is 0 Å². The molecule has 5 heteroatoms. The fraction of sp³-hybridized carbons (Fsp3) is 0.167. The maximum Gasteiger partial charge on any atom is 0.159 e. The van der Waals surface area contributed by atoms with Crippen molar-refractivity contribution in [2.24, 2.45) is 0 Å². The van der Waals surface area contributed by atoms with Crippen LogP contribution in [0.3, 0.4) is 0 Å². The van der Waals surface area contributed by atoms with E-state index < -0.39 is 5.82 Å². The Balaban J connectivity index is 2.41. The summed E-state index contributed by atoms with van der Waals surface area (Å²) in [6.07, 6.45) is 3.00. The van der Waals surface area contributed by atoms with Crippen LogP contribution in [0.1, 0.15) is 5.56 Å². The van der Waals surface area contributed by atoms with E-state index in [1.54, 1.807) is 6.07 Å². The highest BCUT2D eigenvalue weighted by Crippen LogP contribution is 2.22. The number of hydrogen-bond acceptors (Lipinski definition) is 4. The minimum Gasteiger partial charge on any atom is -0.497 e. The van der Waals surface area contributed by atoms with Crippen LogP contribution < -0.4 is 4.74 Å². The van der Waals surface area contributed by atoms with Gasteiger partial charge in [-0.3, -0.25) is 0 Å². The van der Waals surface area contributed by atoms with Gasteiger partial charge in [-0.25, -0.2) is 14.4 Å². The maximum atomic E-state index is 13.3. The number of methoxy groups -OCH3 is 1. The average molecular weight is 234 g/mol. The van der Waals surface area contributed by atoms with Gasteiger partial charge in [-0.05, 0) is 12.1 Å². The molecule has 88 valence electrons. The second kappa shape index (κ2) is 4.88. The standard InChI is InChI=1S/C12H11FN2O2/c1-17-11-3-9(2-10(13)4-11)12-14-5-8(7-16)6-15-12/h2-6,16H,7H2,1H3. The molecule has 4 nitrogen and oxygen atoms in total. The fourth-order valence-electron chi connectivity index (χ4n) is 1.40. The quantitative estimate of drug-likeness (QED) is 0.879. The number of aliphatic hydroxyl groups is 1. The van der Waals surface area contributed by atoms with Gasteiger partial charge in [-0.1, -0.05) is 0 Å².